The van der Waals surface area contributed by atoms with Crippen LogP contribution in [0.25, 0.3) is 10.9 Å². The summed E-state index contributed by atoms with van der Waals surface area (Å²) < 4.78 is 33.8. The molecule has 0 radical (unpaired) electrons. The second-order valence-electron chi connectivity index (χ2n) is 7.85. The number of fused-ring (bicyclic) bond motifs is 1. The lowest BCUT2D eigenvalue weighted by molar-refractivity contribution is 0.311. The third-order valence-electron chi connectivity index (χ3n) is 5.46. The maximum Gasteiger partial charge on any atom is 0.253 e. The van der Waals surface area contributed by atoms with Gasteiger partial charge in [0.15, 0.2) is 0 Å². The number of anilines is 3. The van der Waals surface area contributed by atoms with Crippen molar-refractivity contribution in [2.45, 2.75) is 12.3 Å². The normalized spacial score (nSPS) is 15.9. The van der Waals surface area contributed by atoms with Gasteiger partial charge in [0, 0.05) is 37.6 Å². The molecule has 2 aromatic heterocycles. The smallest absolute Gasteiger partial charge is 0.253 e. The van der Waals surface area contributed by atoms with E-state index in [-0.39, 0.29) is 5.15 Å². The first-order chi connectivity index (χ1) is 15.7. The number of sulfonamides is 1. The molecule has 12 heteroatoms. The number of pyridine rings is 1. The Morgan fingerprint density at radius 3 is 2.64 bits per heavy atom. The molecule has 1 atom stereocenters. The van der Waals surface area contributed by atoms with Crippen LogP contribution in [0.3, 0.4) is 0 Å². The molecule has 2 N–H and O–H groups in total. The van der Waals surface area contributed by atoms with Crippen molar-refractivity contribution in [3.8, 4) is 5.75 Å². The topological polar surface area (TPSA) is 113 Å². The Hall–Kier alpha value is -2.89. The van der Waals surface area contributed by atoms with E-state index in [0.717, 1.165) is 26.2 Å². The second-order valence-corrected chi connectivity index (χ2v) is 10.2. The van der Waals surface area contributed by atoms with E-state index in [4.69, 9.17) is 16.3 Å². The predicted octanol–water partition coefficient (Wildman–Crippen LogP) is 2.64. The van der Waals surface area contributed by atoms with Crippen molar-refractivity contribution in [3.05, 3.63) is 41.7 Å². The molecule has 1 aliphatic heterocycles. The summed E-state index contributed by atoms with van der Waals surface area (Å²) >= 11 is 6.10. The van der Waals surface area contributed by atoms with Gasteiger partial charge in [0.25, 0.3) is 10.0 Å². The third kappa shape index (κ3) is 5.37. The Balaban J connectivity index is 1.63. The number of benzene rings is 1. The SMILES string of the molecule is COc1cccc(NS(=O)(=O)C(C)Nc2nc(N3CCN(C)CC3)nc3cnc(Cl)cc23)c1. The average molecular weight is 492 g/mol. The third-order valence-corrected chi connectivity index (χ3v) is 7.23. The highest BCUT2D eigenvalue weighted by Gasteiger charge is 2.24. The quantitative estimate of drug-likeness (QED) is 0.481. The molecule has 3 heterocycles. The fourth-order valence-corrected chi connectivity index (χ4v) is 4.52. The van der Waals surface area contributed by atoms with Gasteiger partial charge in [-0.3, -0.25) is 4.72 Å². The van der Waals surface area contributed by atoms with Crippen LogP contribution in [0.5, 0.6) is 5.75 Å². The lowest BCUT2D eigenvalue weighted by atomic mass is 10.3. The number of piperazine rings is 1. The highest BCUT2D eigenvalue weighted by molar-refractivity contribution is 7.93. The van der Waals surface area contributed by atoms with E-state index in [1.807, 2.05) is 0 Å². The van der Waals surface area contributed by atoms with Crippen LogP contribution >= 0.6 is 11.6 Å². The van der Waals surface area contributed by atoms with Gasteiger partial charge < -0.3 is 19.9 Å². The molecule has 10 nitrogen and oxygen atoms in total. The number of ether oxygens (including phenoxy) is 1. The average Bonchev–Trinajstić information content (AvgIpc) is 2.79. The molecule has 1 saturated heterocycles. The fraction of sp³-hybridized carbons (Fsp3) is 0.381. The van der Waals surface area contributed by atoms with Crippen LogP contribution in [0.2, 0.25) is 5.15 Å². The maximum atomic E-state index is 13.0. The van der Waals surface area contributed by atoms with E-state index >= 15 is 0 Å². The molecule has 33 heavy (non-hydrogen) atoms. The van der Waals surface area contributed by atoms with E-state index in [1.165, 1.54) is 7.11 Å². The molecule has 0 bridgehead atoms. The van der Waals surface area contributed by atoms with Crippen molar-refractivity contribution < 1.29 is 13.2 Å². The molecule has 1 unspecified atom stereocenters. The molecule has 1 fully saturated rings. The van der Waals surface area contributed by atoms with E-state index < -0.39 is 15.4 Å². The molecular weight excluding hydrogens is 466 g/mol. The summed E-state index contributed by atoms with van der Waals surface area (Å²) in [4.78, 5) is 17.7. The molecule has 176 valence electrons. The van der Waals surface area contributed by atoms with Gasteiger partial charge in [0.05, 0.1) is 24.5 Å². The Bertz CT molecular complexity index is 1250. The van der Waals surface area contributed by atoms with Crippen molar-refractivity contribution in [1.29, 1.82) is 0 Å². The zero-order valence-electron chi connectivity index (χ0n) is 18.6. The monoisotopic (exact) mass is 491 g/mol. The van der Waals surface area contributed by atoms with Gasteiger partial charge in [0.1, 0.15) is 22.1 Å². The maximum absolute atomic E-state index is 13.0. The van der Waals surface area contributed by atoms with Crippen LogP contribution < -0.4 is 19.7 Å². The molecule has 0 spiro atoms. The molecule has 3 aromatic rings. The Morgan fingerprint density at radius 1 is 1.15 bits per heavy atom. The van der Waals surface area contributed by atoms with Gasteiger partial charge in [-0.2, -0.15) is 4.98 Å². The Labute approximate surface area is 198 Å². The molecular formula is C21H26ClN7O3S. The van der Waals surface area contributed by atoms with Crippen LogP contribution in [0.1, 0.15) is 6.92 Å². The van der Waals surface area contributed by atoms with Crippen molar-refractivity contribution in [2.24, 2.45) is 0 Å². The minimum absolute atomic E-state index is 0.270. The van der Waals surface area contributed by atoms with Crippen molar-refractivity contribution in [2.75, 3.05) is 55.3 Å². The number of rotatable bonds is 7. The van der Waals surface area contributed by atoms with E-state index in [0.29, 0.717) is 34.1 Å². The lowest BCUT2D eigenvalue weighted by Crippen LogP contribution is -2.45. The first-order valence-electron chi connectivity index (χ1n) is 10.4. The lowest BCUT2D eigenvalue weighted by Gasteiger charge is -2.32. The van der Waals surface area contributed by atoms with Gasteiger partial charge in [-0.25, -0.2) is 18.4 Å². The van der Waals surface area contributed by atoms with Crippen LogP contribution in [0.4, 0.5) is 17.5 Å². The zero-order chi connectivity index (χ0) is 23.6. The van der Waals surface area contributed by atoms with Gasteiger partial charge >= 0.3 is 0 Å². The number of hydrogen-bond acceptors (Lipinski definition) is 9. The van der Waals surface area contributed by atoms with Crippen LogP contribution in [-0.4, -0.2) is 74.0 Å². The van der Waals surface area contributed by atoms with Crippen molar-refractivity contribution in [3.63, 3.8) is 0 Å². The molecule has 1 aliphatic rings. The summed E-state index contributed by atoms with van der Waals surface area (Å²) in [6.45, 7) is 4.87. The van der Waals surface area contributed by atoms with Crippen molar-refractivity contribution in [1.82, 2.24) is 19.9 Å². The number of likely N-dealkylation sites (N-methyl/N-ethyl adjacent to an activating group) is 1. The number of halogens is 1. The van der Waals surface area contributed by atoms with Gasteiger partial charge in [0.2, 0.25) is 5.95 Å². The van der Waals surface area contributed by atoms with Crippen LogP contribution in [-0.2, 0) is 10.0 Å². The van der Waals surface area contributed by atoms with Crippen molar-refractivity contribution >= 4 is 50.0 Å². The van der Waals surface area contributed by atoms with E-state index in [1.54, 1.807) is 43.5 Å². The largest absolute Gasteiger partial charge is 0.497 e. The molecule has 0 amide bonds. The van der Waals surface area contributed by atoms with E-state index in [9.17, 15) is 8.42 Å². The minimum Gasteiger partial charge on any atom is -0.497 e. The summed E-state index contributed by atoms with van der Waals surface area (Å²) in [7, 11) is -0.214. The Morgan fingerprint density at radius 2 is 1.91 bits per heavy atom. The molecule has 1 aromatic carbocycles. The summed E-state index contributed by atoms with van der Waals surface area (Å²) in [6.07, 6.45) is 1.57. The van der Waals surface area contributed by atoms with Gasteiger partial charge in [-0.05, 0) is 32.2 Å². The Kier molecular flexibility index (Phi) is 6.73. The van der Waals surface area contributed by atoms with E-state index in [2.05, 4.69) is 41.8 Å². The van der Waals surface area contributed by atoms with Crippen LogP contribution in [0.15, 0.2) is 36.5 Å². The van der Waals surface area contributed by atoms with Gasteiger partial charge in [-0.1, -0.05) is 17.7 Å². The molecule has 0 saturated carbocycles. The second kappa shape index (κ2) is 9.54. The first kappa shape index (κ1) is 23.3. The van der Waals surface area contributed by atoms with Crippen LogP contribution in [0, 0.1) is 0 Å². The minimum atomic E-state index is -3.81. The number of nitrogens with zero attached hydrogens (tertiary/aromatic N) is 5. The molecule has 4 rings (SSSR count). The number of hydrogen-bond donors (Lipinski definition) is 2. The summed E-state index contributed by atoms with van der Waals surface area (Å²) in [6, 6.07) is 8.35. The fourth-order valence-electron chi connectivity index (χ4n) is 3.46. The van der Waals surface area contributed by atoms with Gasteiger partial charge in [-0.15, -0.1) is 0 Å². The number of methoxy groups -OCH3 is 1. The summed E-state index contributed by atoms with van der Waals surface area (Å²) in [5.41, 5.74) is 0.983. The standard InChI is InChI=1S/C21H26ClN7O3S/c1-14(33(30,31)27-15-5-4-6-16(11-15)32-3)24-20-17-12-19(22)23-13-18(17)25-21(26-20)29-9-7-28(2)8-10-29/h4-6,11-14,27H,7-10H2,1-3H3,(H,24,25,26). The highest BCUT2D eigenvalue weighted by Crippen LogP contribution is 2.27. The zero-order valence-corrected chi connectivity index (χ0v) is 20.2. The highest BCUT2D eigenvalue weighted by atomic mass is 35.5. The number of nitrogens with one attached hydrogen (secondary N) is 2. The number of aromatic nitrogens is 3. The summed E-state index contributed by atoms with van der Waals surface area (Å²) in [5.74, 6) is 1.45. The summed E-state index contributed by atoms with van der Waals surface area (Å²) in [5, 5.41) is 2.89. The predicted molar refractivity (Wildman–Crippen MR) is 131 cm³/mol. The first-order valence-corrected chi connectivity index (χ1v) is 12.4. The molecule has 0 aliphatic carbocycles.